The summed E-state index contributed by atoms with van der Waals surface area (Å²) in [4.78, 5) is 12.4. The molecule has 0 fully saturated rings. The Labute approximate surface area is 159 Å². The van der Waals surface area contributed by atoms with Crippen LogP contribution in [0.3, 0.4) is 0 Å². The zero-order valence-corrected chi connectivity index (χ0v) is 16.3. The molecule has 0 saturated heterocycles. The third kappa shape index (κ3) is 5.39. The van der Waals surface area contributed by atoms with E-state index < -0.39 is 0 Å². The van der Waals surface area contributed by atoms with Crippen molar-refractivity contribution in [3.8, 4) is 11.5 Å². The molecule has 1 heterocycles. The number of carbonyl (C=O) groups is 1. The maximum absolute atomic E-state index is 12.4. The van der Waals surface area contributed by atoms with Crippen LogP contribution in [0.25, 0.3) is 0 Å². The lowest BCUT2D eigenvalue weighted by atomic mass is 10.1. The molecule has 26 heavy (non-hydrogen) atoms. The van der Waals surface area contributed by atoms with Crippen molar-refractivity contribution in [2.75, 3.05) is 19.8 Å². The van der Waals surface area contributed by atoms with E-state index in [1.807, 2.05) is 27.0 Å². The van der Waals surface area contributed by atoms with E-state index in [9.17, 15) is 4.79 Å². The van der Waals surface area contributed by atoms with Crippen LogP contribution in [0.5, 0.6) is 11.5 Å². The lowest BCUT2D eigenvalue weighted by Gasteiger charge is -2.15. The quantitative estimate of drug-likeness (QED) is 0.613. The van der Waals surface area contributed by atoms with Crippen molar-refractivity contribution < 1.29 is 14.3 Å². The maximum atomic E-state index is 12.4. The van der Waals surface area contributed by atoms with Gasteiger partial charge in [-0.2, -0.15) is 5.10 Å². The summed E-state index contributed by atoms with van der Waals surface area (Å²) in [5.74, 6) is 0.800. The van der Waals surface area contributed by atoms with Crippen molar-refractivity contribution in [2.24, 2.45) is 0 Å². The summed E-state index contributed by atoms with van der Waals surface area (Å²) in [6.45, 7) is 7.45. The third-order valence-electron chi connectivity index (χ3n) is 3.86. The number of aromatic amines is 1. The number of ether oxygens (including phenoxy) is 2. The van der Waals surface area contributed by atoms with Gasteiger partial charge in [0.15, 0.2) is 11.5 Å². The van der Waals surface area contributed by atoms with Gasteiger partial charge in [-0.05, 0) is 50.8 Å². The number of benzene rings is 1. The van der Waals surface area contributed by atoms with E-state index in [0.717, 1.165) is 25.0 Å². The van der Waals surface area contributed by atoms with Gasteiger partial charge >= 0.3 is 0 Å². The predicted octanol–water partition coefficient (Wildman–Crippen LogP) is 3.92. The van der Waals surface area contributed by atoms with Crippen LogP contribution < -0.4 is 14.8 Å². The highest BCUT2D eigenvalue weighted by Crippen LogP contribution is 2.36. The van der Waals surface area contributed by atoms with Crippen LogP contribution in [0.1, 0.15) is 48.3 Å². The molecular formula is C19H26ClN3O3. The highest BCUT2D eigenvalue weighted by molar-refractivity contribution is 6.32. The SMILES string of the molecule is CCCOc1c(Cl)cc(C(=O)NCCCc2cn[nH]c2C)cc1OCC. The second-order valence-corrected chi connectivity index (χ2v) is 6.35. The lowest BCUT2D eigenvalue weighted by Crippen LogP contribution is -2.25. The lowest BCUT2D eigenvalue weighted by molar-refractivity contribution is 0.0952. The Kier molecular flexibility index (Phi) is 7.78. The summed E-state index contributed by atoms with van der Waals surface area (Å²) < 4.78 is 11.3. The van der Waals surface area contributed by atoms with Gasteiger partial charge < -0.3 is 14.8 Å². The molecule has 0 atom stereocenters. The van der Waals surface area contributed by atoms with Gasteiger partial charge in [-0.3, -0.25) is 9.89 Å². The summed E-state index contributed by atoms with van der Waals surface area (Å²) in [6, 6.07) is 3.29. The van der Waals surface area contributed by atoms with E-state index in [-0.39, 0.29) is 5.91 Å². The Balaban J connectivity index is 1.97. The monoisotopic (exact) mass is 379 g/mol. The smallest absolute Gasteiger partial charge is 0.251 e. The fourth-order valence-electron chi connectivity index (χ4n) is 2.52. The largest absolute Gasteiger partial charge is 0.490 e. The second kappa shape index (κ2) is 10.1. The van der Waals surface area contributed by atoms with Gasteiger partial charge in [0.05, 0.1) is 24.4 Å². The Morgan fingerprint density at radius 2 is 2.12 bits per heavy atom. The van der Waals surface area contributed by atoms with Crippen molar-refractivity contribution in [3.05, 3.63) is 40.2 Å². The van der Waals surface area contributed by atoms with Crippen LogP contribution >= 0.6 is 11.6 Å². The fraction of sp³-hybridized carbons (Fsp3) is 0.474. The van der Waals surface area contributed by atoms with E-state index in [4.69, 9.17) is 21.1 Å². The summed E-state index contributed by atoms with van der Waals surface area (Å²) in [5, 5.41) is 10.2. The van der Waals surface area contributed by atoms with Crippen LogP contribution in [0.2, 0.25) is 5.02 Å². The molecule has 0 saturated carbocycles. The third-order valence-corrected chi connectivity index (χ3v) is 4.15. The van der Waals surface area contributed by atoms with Gasteiger partial charge in [-0.1, -0.05) is 18.5 Å². The summed E-state index contributed by atoms with van der Waals surface area (Å²) in [6.07, 6.45) is 4.37. The number of aryl methyl sites for hydroxylation is 2. The van der Waals surface area contributed by atoms with Crippen LogP contribution in [-0.2, 0) is 6.42 Å². The summed E-state index contributed by atoms with van der Waals surface area (Å²) >= 11 is 6.30. The van der Waals surface area contributed by atoms with E-state index in [2.05, 4.69) is 15.5 Å². The average Bonchev–Trinajstić information content (AvgIpc) is 3.03. The van der Waals surface area contributed by atoms with E-state index in [1.165, 1.54) is 5.56 Å². The van der Waals surface area contributed by atoms with Crippen molar-refractivity contribution in [1.29, 1.82) is 0 Å². The second-order valence-electron chi connectivity index (χ2n) is 5.95. The first-order valence-corrected chi connectivity index (χ1v) is 9.30. The van der Waals surface area contributed by atoms with E-state index >= 15 is 0 Å². The average molecular weight is 380 g/mol. The first kappa shape index (κ1) is 20.1. The van der Waals surface area contributed by atoms with Crippen LogP contribution in [-0.4, -0.2) is 35.9 Å². The molecule has 2 rings (SSSR count). The predicted molar refractivity (Wildman–Crippen MR) is 102 cm³/mol. The van der Waals surface area contributed by atoms with Gasteiger partial charge in [-0.15, -0.1) is 0 Å². The number of nitrogens with zero attached hydrogens (tertiary/aromatic N) is 1. The molecule has 0 aliphatic carbocycles. The van der Waals surface area contributed by atoms with Crippen molar-refractivity contribution in [3.63, 3.8) is 0 Å². The molecular weight excluding hydrogens is 354 g/mol. The van der Waals surface area contributed by atoms with Gasteiger partial charge in [0, 0.05) is 17.8 Å². The van der Waals surface area contributed by atoms with Gasteiger partial charge in [0.2, 0.25) is 0 Å². The van der Waals surface area contributed by atoms with Crippen molar-refractivity contribution in [1.82, 2.24) is 15.5 Å². The Hall–Kier alpha value is -2.21. The Bertz CT molecular complexity index is 731. The van der Waals surface area contributed by atoms with Crippen molar-refractivity contribution >= 4 is 17.5 Å². The minimum atomic E-state index is -0.182. The molecule has 142 valence electrons. The molecule has 0 bridgehead atoms. The van der Waals surface area contributed by atoms with E-state index in [0.29, 0.717) is 41.8 Å². The fourth-order valence-corrected chi connectivity index (χ4v) is 2.78. The summed E-state index contributed by atoms with van der Waals surface area (Å²) in [7, 11) is 0. The highest BCUT2D eigenvalue weighted by Gasteiger charge is 2.16. The topological polar surface area (TPSA) is 76.2 Å². The van der Waals surface area contributed by atoms with Crippen LogP contribution in [0, 0.1) is 6.92 Å². The van der Waals surface area contributed by atoms with Crippen LogP contribution in [0.15, 0.2) is 18.3 Å². The number of halogens is 1. The number of hydrogen-bond donors (Lipinski definition) is 2. The number of aromatic nitrogens is 2. The normalized spacial score (nSPS) is 10.6. The zero-order valence-electron chi connectivity index (χ0n) is 15.5. The van der Waals surface area contributed by atoms with Crippen molar-refractivity contribution in [2.45, 2.75) is 40.0 Å². The number of H-pyrrole nitrogens is 1. The molecule has 0 aliphatic heterocycles. The van der Waals surface area contributed by atoms with Gasteiger partial charge in [-0.25, -0.2) is 0 Å². The minimum absolute atomic E-state index is 0.182. The summed E-state index contributed by atoms with van der Waals surface area (Å²) in [5.41, 5.74) is 2.69. The van der Waals surface area contributed by atoms with Crippen LogP contribution in [0.4, 0.5) is 0 Å². The molecule has 0 aliphatic rings. The molecule has 0 radical (unpaired) electrons. The maximum Gasteiger partial charge on any atom is 0.251 e. The number of hydrogen-bond acceptors (Lipinski definition) is 4. The number of carbonyl (C=O) groups excluding carboxylic acids is 1. The first-order chi connectivity index (χ1) is 12.6. The molecule has 2 aromatic rings. The molecule has 1 amide bonds. The van der Waals surface area contributed by atoms with E-state index in [1.54, 1.807) is 12.1 Å². The molecule has 1 aromatic carbocycles. The Morgan fingerprint density at radius 1 is 1.31 bits per heavy atom. The van der Waals surface area contributed by atoms with Gasteiger partial charge in [0.1, 0.15) is 0 Å². The molecule has 0 unspecified atom stereocenters. The van der Waals surface area contributed by atoms with Gasteiger partial charge in [0.25, 0.3) is 5.91 Å². The molecule has 6 nitrogen and oxygen atoms in total. The Morgan fingerprint density at radius 3 is 2.77 bits per heavy atom. The number of rotatable bonds is 10. The molecule has 1 aromatic heterocycles. The first-order valence-electron chi connectivity index (χ1n) is 8.93. The molecule has 0 spiro atoms. The number of amides is 1. The molecule has 7 heteroatoms. The standard InChI is InChI=1S/C19H26ClN3O3/c1-4-9-26-18-16(20)10-15(11-17(18)25-5-2)19(24)21-8-6-7-14-12-22-23-13(14)3/h10-12H,4-9H2,1-3H3,(H,21,24)(H,22,23). The minimum Gasteiger partial charge on any atom is -0.490 e. The zero-order chi connectivity index (χ0) is 18.9. The number of nitrogens with one attached hydrogen (secondary N) is 2. The molecule has 2 N–H and O–H groups in total. The highest BCUT2D eigenvalue weighted by atomic mass is 35.5.